The van der Waals surface area contributed by atoms with Gasteiger partial charge < -0.3 is 30.3 Å². The van der Waals surface area contributed by atoms with E-state index in [0.29, 0.717) is 35.7 Å². The molecule has 4 rings (SSSR count). The quantitative estimate of drug-likeness (QED) is 0.501. The van der Waals surface area contributed by atoms with Crippen LogP contribution in [-0.4, -0.2) is 70.7 Å². The van der Waals surface area contributed by atoms with E-state index in [-0.39, 0.29) is 11.8 Å². The number of amides is 2. The molecule has 9 heteroatoms. The number of hydrogen-bond acceptors (Lipinski definition) is 7. The molecule has 2 aliphatic heterocycles. The van der Waals surface area contributed by atoms with E-state index in [9.17, 15) is 9.59 Å². The summed E-state index contributed by atoms with van der Waals surface area (Å²) in [6.45, 7) is 5.99. The van der Waals surface area contributed by atoms with Gasteiger partial charge in [-0.3, -0.25) is 14.5 Å². The topological polar surface area (TPSA) is 95.2 Å². The number of methoxy groups -OCH3 is 2. The minimum absolute atomic E-state index is 0.0626. The molecule has 35 heavy (non-hydrogen) atoms. The first-order chi connectivity index (χ1) is 16.9. The fraction of sp³-hybridized carbons (Fsp3) is 0.385. The van der Waals surface area contributed by atoms with Crippen LogP contribution in [0.15, 0.2) is 42.1 Å². The standard InChI is InChI=1S/C26H33N5O4/c1-5-20(25-19-14-22(34-3)23(35-4)15-21(19)29-26(25)33)28-17-6-8-18(9-7-17)30(2)24(32)16-31-12-10-27-11-13-31/h6-9,14-15,27-28H,5,10-13,16H2,1-4H3,(H,29,33). The summed E-state index contributed by atoms with van der Waals surface area (Å²) in [5.41, 5.74) is 4.49. The lowest BCUT2D eigenvalue weighted by Gasteiger charge is -2.28. The van der Waals surface area contributed by atoms with Crippen LogP contribution in [0, 0.1) is 0 Å². The Balaban J connectivity index is 1.52. The molecule has 0 spiro atoms. The molecule has 2 heterocycles. The summed E-state index contributed by atoms with van der Waals surface area (Å²) in [6.07, 6.45) is 0.626. The number of rotatable bonds is 8. The monoisotopic (exact) mass is 479 g/mol. The molecule has 186 valence electrons. The number of fused-ring (bicyclic) bond motifs is 1. The second-order valence-electron chi connectivity index (χ2n) is 8.56. The average Bonchev–Trinajstić information content (AvgIpc) is 3.21. The third-order valence-electron chi connectivity index (χ3n) is 6.42. The minimum atomic E-state index is -0.172. The molecule has 2 amide bonds. The molecule has 1 fully saturated rings. The Hall–Kier alpha value is -3.56. The molecule has 0 unspecified atom stereocenters. The molecule has 1 saturated heterocycles. The SMILES string of the molecule is CCC(Nc1ccc(N(C)C(=O)CN2CCNCC2)cc1)=C1C(=O)Nc2cc(OC)c(OC)cc21. The third kappa shape index (κ3) is 5.26. The second kappa shape index (κ2) is 10.8. The van der Waals surface area contributed by atoms with Crippen LogP contribution in [0.3, 0.4) is 0 Å². The molecular formula is C26H33N5O4. The van der Waals surface area contributed by atoms with Crippen LogP contribution in [-0.2, 0) is 9.59 Å². The Bertz CT molecular complexity index is 1120. The maximum atomic E-state index is 12.9. The number of benzene rings is 2. The first-order valence-corrected chi connectivity index (χ1v) is 11.8. The van der Waals surface area contributed by atoms with Crippen LogP contribution in [0.5, 0.6) is 11.5 Å². The maximum absolute atomic E-state index is 12.9. The van der Waals surface area contributed by atoms with Gasteiger partial charge in [0.15, 0.2) is 11.5 Å². The number of likely N-dealkylation sites (N-methyl/N-ethyl adjacent to an activating group) is 1. The Kier molecular flexibility index (Phi) is 7.57. The highest BCUT2D eigenvalue weighted by Crippen LogP contribution is 2.42. The molecule has 3 N–H and O–H groups in total. The van der Waals surface area contributed by atoms with Gasteiger partial charge in [0.1, 0.15) is 0 Å². The summed E-state index contributed by atoms with van der Waals surface area (Å²) >= 11 is 0. The van der Waals surface area contributed by atoms with Crippen molar-refractivity contribution in [1.29, 1.82) is 0 Å². The van der Waals surface area contributed by atoms with Crippen LogP contribution in [0.1, 0.15) is 18.9 Å². The molecule has 0 saturated carbocycles. The molecule has 0 aliphatic carbocycles. The summed E-state index contributed by atoms with van der Waals surface area (Å²) in [5, 5.41) is 9.62. The van der Waals surface area contributed by atoms with E-state index in [1.54, 1.807) is 32.2 Å². The highest BCUT2D eigenvalue weighted by molar-refractivity contribution is 6.32. The van der Waals surface area contributed by atoms with Gasteiger partial charge in [-0.2, -0.15) is 0 Å². The highest BCUT2D eigenvalue weighted by atomic mass is 16.5. The second-order valence-corrected chi connectivity index (χ2v) is 8.56. The van der Waals surface area contributed by atoms with Crippen molar-refractivity contribution in [2.24, 2.45) is 0 Å². The van der Waals surface area contributed by atoms with Gasteiger partial charge in [0.05, 0.1) is 32.0 Å². The van der Waals surface area contributed by atoms with Crippen LogP contribution in [0.25, 0.3) is 5.57 Å². The molecule has 0 atom stereocenters. The Morgan fingerprint density at radius 1 is 1.09 bits per heavy atom. The first-order valence-electron chi connectivity index (χ1n) is 11.8. The zero-order valence-electron chi connectivity index (χ0n) is 20.7. The number of hydrogen-bond donors (Lipinski definition) is 3. The van der Waals surface area contributed by atoms with Gasteiger partial charge in [0, 0.05) is 61.9 Å². The largest absolute Gasteiger partial charge is 0.493 e. The Morgan fingerprint density at radius 2 is 1.74 bits per heavy atom. The van der Waals surface area contributed by atoms with Crippen molar-refractivity contribution in [3.8, 4) is 11.5 Å². The van der Waals surface area contributed by atoms with E-state index in [4.69, 9.17) is 9.47 Å². The Morgan fingerprint density at radius 3 is 2.37 bits per heavy atom. The van der Waals surface area contributed by atoms with Gasteiger partial charge in [0.25, 0.3) is 5.91 Å². The molecule has 0 bridgehead atoms. The summed E-state index contributed by atoms with van der Waals surface area (Å²) in [6, 6.07) is 11.2. The van der Waals surface area contributed by atoms with Crippen molar-refractivity contribution < 1.29 is 19.1 Å². The lowest BCUT2D eigenvalue weighted by atomic mass is 10.0. The van der Waals surface area contributed by atoms with Crippen LogP contribution in [0.4, 0.5) is 17.1 Å². The number of allylic oxidation sites excluding steroid dienone is 1. The van der Waals surface area contributed by atoms with E-state index >= 15 is 0 Å². The lowest BCUT2D eigenvalue weighted by Crippen LogP contribution is -2.47. The summed E-state index contributed by atoms with van der Waals surface area (Å²) in [7, 11) is 4.94. The predicted octanol–water partition coefficient (Wildman–Crippen LogP) is 2.76. The summed E-state index contributed by atoms with van der Waals surface area (Å²) in [4.78, 5) is 29.4. The zero-order chi connectivity index (χ0) is 24.9. The number of nitrogens with one attached hydrogen (secondary N) is 3. The fourth-order valence-electron chi connectivity index (χ4n) is 4.38. The normalized spacial score (nSPS) is 16.9. The van der Waals surface area contributed by atoms with Crippen molar-refractivity contribution in [3.63, 3.8) is 0 Å². The summed E-state index contributed by atoms with van der Waals surface area (Å²) < 4.78 is 10.8. The van der Waals surface area contributed by atoms with E-state index < -0.39 is 0 Å². The van der Waals surface area contributed by atoms with Crippen molar-refractivity contribution in [2.45, 2.75) is 13.3 Å². The van der Waals surface area contributed by atoms with Gasteiger partial charge in [-0.15, -0.1) is 0 Å². The smallest absolute Gasteiger partial charge is 0.258 e. The van der Waals surface area contributed by atoms with Gasteiger partial charge in [-0.05, 0) is 36.8 Å². The minimum Gasteiger partial charge on any atom is -0.493 e. The van der Waals surface area contributed by atoms with Crippen LogP contribution < -0.4 is 30.3 Å². The number of ether oxygens (including phenoxy) is 2. The van der Waals surface area contributed by atoms with E-state index in [1.165, 1.54) is 0 Å². The first kappa shape index (κ1) is 24.6. The lowest BCUT2D eigenvalue weighted by molar-refractivity contribution is -0.119. The maximum Gasteiger partial charge on any atom is 0.258 e. The van der Waals surface area contributed by atoms with E-state index in [0.717, 1.165) is 48.8 Å². The predicted molar refractivity (Wildman–Crippen MR) is 138 cm³/mol. The van der Waals surface area contributed by atoms with Gasteiger partial charge >= 0.3 is 0 Å². The number of piperazine rings is 1. The van der Waals surface area contributed by atoms with Gasteiger partial charge in [-0.1, -0.05) is 6.92 Å². The molecule has 9 nitrogen and oxygen atoms in total. The van der Waals surface area contributed by atoms with Gasteiger partial charge in [0.2, 0.25) is 5.91 Å². The van der Waals surface area contributed by atoms with E-state index in [1.807, 2.05) is 37.3 Å². The molecular weight excluding hydrogens is 446 g/mol. The van der Waals surface area contributed by atoms with E-state index in [2.05, 4.69) is 20.9 Å². The van der Waals surface area contributed by atoms with Crippen LogP contribution >= 0.6 is 0 Å². The van der Waals surface area contributed by atoms with Crippen molar-refractivity contribution in [1.82, 2.24) is 10.2 Å². The highest BCUT2D eigenvalue weighted by Gasteiger charge is 2.29. The van der Waals surface area contributed by atoms with Crippen molar-refractivity contribution in [2.75, 3.05) is 69.5 Å². The Labute approximate surface area is 206 Å². The third-order valence-corrected chi connectivity index (χ3v) is 6.42. The number of carbonyl (C=O) groups is 2. The van der Waals surface area contributed by atoms with Crippen molar-refractivity contribution >= 4 is 34.4 Å². The fourth-order valence-corrected chi connectivity index (χ4v) is 4.38. The molecule has 0 radical (unpaired) electrons. The number of anilines is 3. The number of nitrogens with zero attached hydrogens (tertiary/aromatic N) is 2. The van der Waals surface area contributed by atoms with Gasteiger partial charge in [-0.25, -0.2) is 0 Å². The number of carbonyl (C=O) groups excluding carboxylic acids is 2. The molecule has 0 aromatic heterocycles. The summed E-state index contributed by atoms with van der Waals surface area (Å²) in [5.74, 6) is 1.01. The van der Waals surface area contributed by atoms with Crippen LogP contribution in [0.2, 0.25) is 0 Å². The molecule has 2 aromatic carbocycles. The molecule has 2 aliphatic rings. The average molecular weight is 480 g/mol. The molecule has 2 aromatic rings. The zero-order valence-corrected chi connectivity index (χ0v) is 20.7. The van der Waals surface area contributed by atoms with Crippen molar-refractivity contribution in [3.05, 3.63) is 47.7 Å².